The Kier molecular flexibility index (Phi) is 3.60. The standard InChI is InChI=1S/C16H17FN2O3/c1-9-2-3-10(16(21)22)8-19(9)15(20)14-7-11-6-12(17)4-5-13(11)18-14/h4-7,9-10,18H,2-3,8H2,1H3,(H,21,22)/t9-,10+/m0/s1. The lowest BCUT2D eigenvalue weighted by atomic mass is 9.93. The van der Waals surface area contributed by atoms with Gasteiger partial charge < -0.3 is 15.0 Å². The number of aromatic nitrogens is 1. The average Bonchev–Trinajstić information content (AvgIpc) is 2.89. The number of amides is 1. The Labute approximate surface area is 126 Å². The molecular formula is C16H17FN2O3. The van der Waals surface area contributed by atoms with Gasteiger partial charge in [0.1, 0.15) is 11.5 Å². The number of likely N-dealkylation sites (tertiary alicyclic amines) is 1. The van der Waals surface area contributed by atoms with Crippen LogP contribution in [0.3, 0.4) is 0 Å². The van der Waals surface area contributed by atoms with E-state index in [0.717, 1.165) is 0 Å². The number of carboxylic acid groups (broad SMARTS) is 1. The summed E-state index contributed by atoms with van der Waals surface area (Å²) in [6.45, 7) is 2.12. The summed E-state index contributed by atoms with van der Waals surface area (Å²) in [5.41, 5.74) is 1.04. The molecule has 6 heteroatoms. The maximum atomic E-state index is 13.2. The van der Waals surface area contributed by atoms with Crippen molar-refractivity contribution in [1.29, 1.82) is 0 Å². The molecule has 5 nitrogen and oxygen atoms in total. The Balaban J connectivity index is 1.88. The summed E-state index contributed by atoms with van der Waals surface area (Å²) >= 11 is 0. The van der Waals surface area contributed by atoms with Crippen molar-refractivity contribution in [3.63, 3.8) is 0 Å². The highest BCUT2D eigenvalue weighted by molar-refractivity contribution is 5.98. The van der Waals surface area contributed by atoms with Gasteiger partial charge in [-0.2, -0.15) is 0 Å². The molecule has 2 atom stereocenters. The molecule has 2 aromatic rings. The quantitative estimate of drug-likeness (QED) is 0.895. The van der Waals surface area contributed by atoms with Gasteiger partial charge in [0.05, 0.1) is 5.92 Å². The van der Waals surface area contributed by atoms with E-state index in [4.69, 9.17) is 5.11 Å². The first kappa shape index (κ1) is 14.6. The van der Waals surface area contributed by atoms with Gasteiger partial charge in [0.25, 0.3) is 5.91 Å². The average molecular weight is 304 g/mol. The number of halogens is 1. The summed E-state index contributed by atoms with van der Waals surface area (Å²) < 4.78 is 13.2. The van der Waals surface area contributed by atoms with Crippen molar-refractivity contribution in [3.8, 4) is 0 Å². The minimum absolute atomic E-state index is 0.00810. The number of rotatable bonds is 2. The molecule has 0 bridgehead atoms. The Morgan fingerprint density at radius 2 is 2.09 bits per heavy atom. The van der Waals surface area contributed by atoms with Crippen molar-refractivity contribution in [1.82, 2.24) is 9.88 Å². The van der Waals surface area contributed by atoms with Crippen molar-refractivity contribution >= 4 is 22.8 Å². The number of aromatic amines is 1. The third-order valence-corrected chi connectivity index (χ3v) is 4.31. The molecule has 1 aliphatic rings. The summed E-state index contributed by atoms with van der Waals surface area (Å²) in [5, 5.41) is 9.78. The summed E-state index contributed by atoms with van der Waals surface area (Å²) in [6.07, 6.45) is 1.25. The third kappa shape index (κ3) is 2.56. The van der Waals surface area contributed by atoms with Crippen LogP contribution in [0.25, 0.3) is 10.9 Å². The lowest BCUT2D eigenvalue weighted by molar-refractivity contribution is -0.143. The zero-order valence-corrected chi connectivity index (χ0v) is 12.2. The fraction of sp³-hybridized carbons (Fsp3) is 0.375. The van der Waals surface area contributed by atoms with Gasteiger partial charge >= 0.3 is 5.97 Å². The van der Waals surface area contributed by atoms with Crippen LogP contribution in [0, 0.1) is 11.7 Å². The van der Waals surface area contributed by atoms with Crippen LogP contribution in [0.4, 0.5) is 4.39 Å². The molecule has 0 saturated carbocycles. The predicted octanol–water partition coefficient (Wildman–Crippen LogP) is 2.63. The summed E-state index contributed by atoms with van der Waals surface area (Å²) in [6, 6.07) is 5.88. The number of hydrogen-bond acceptors (Lipinski definition) is 2. The topological polar surface area (TPSA) is 73.4 Å². The monoisotopic (exact) mass is 304 g/mol. The number of fused-ring (bicyclic) bond motifs is 1. The zero-order valence-electron chi connectivity index (χ0n) is 12.2. The van der Waals surface area contributed by atoms with Crippen LogP contribution in [-0.2, 0) is 4.79 Å². The number of hydrogen-bond donors (Lipinski definition) is 2. The molecule has 116 valence electrons. The number of aliphatic carboxylic acids is 1. The molecule has 0 radical (unpaired) electrons. The van der Waals surface area contributed by atoms with Crippen LogP contribution < -0.4 is 0 Å². The first-order chi connectivity index (χ1) is 10.5. The Morgan fingerprint density at radius 1 is 1.32 bits per heavy atom. The molecule has 1 amide bonds. The molecule has 1 fully saturated rings. The molecule has 2 N–H and O–H groups in total. The van der Waals surface area contributed by atoms with E-state index >= 15 is 0 Å². The van der Waals surface area contributed by atoms with E-state index < -0.39 is 11.9 Å². The molecule has 1 aromatic carbocycles. The highest BCUT2D eigenvalue weighted by atomic mass is 19.1. The maximum Gasteiger partial charge on any atom is 0.308 e. The molecule has 1 saturated heterocycles. The molecule has 2 heterocycles. The Hall–Kier alpha value is -2.37. The van der Waals surface area contributed by atoms with Gasteiger partial charge in [-0.3, -0.25) is 9.59 Å². The molecule has 0 unspecified atom stereocenters. The number of carbonyl (C=O) groups excluding carboxylic acids is 1. The van der Waals surface area contributed by atoms with Crippen LogP contribution in [0.2, 0.25) is 0 Å². The largest absolute Gasteiger partial charge is 0.481 e. The number of carboxylic acids is 1. The first-order valence-corrected chi connectivity index (χ1v) is 7.28. The fourth-order valence-corrected chi connectivity index (χ4v) is 2.96. The van der Waals surface area contributed by atoms with Crippen LogP contribution in [0.15, 0.2) is 24.3 Å². The number of H-pyrrole nitrogens is 1. The third-order valence-electron chi connectivity index (χ3n) is 4.31. The van der Waals surface area contributed by atoms with E-state index in [-0.39, 0.29) is 24.3 Å². The van der Waals surface area contributed by atoms with Gasteiger partial charge in [-0.05, 0) is 44.0 Å². The number of carbonyl (C=O) groups is 2. The van der Waals surface area contributed by atoms with E-state index in [1.54, 1.807) is 17.0 Å². The number of benzene rings is 1. The van der Waals surface area contributed by atoms with Gasteiger partial charge in [-0.25, -0.2) is 4.39 Å². The molecule has 0 aliphatic carbocycles. The van der Waals surface area contributed by atoms with Crippen molar-refractivity contribution in [3.05, 3.63) is 35.8 Å². The van der Waals surface area contributed by atoms with Crippen molar-refractivity contribution in [2.24, 2.45) is 5.92 Å². The minimum Gasteiger partial charge on any atom is -0.481 e. The molecule has 1 aromatic heterocycles. The van der Waals surface area contributed by atoms with E-state index in [2.05, 4.69) is 4.98 Å². The highest BCUT2D eigenvalue weighted by Gasteiger charge is 2.33. The molecule has 22 heavy (non-hydrogen) atoms. The maximum absolute atomic E-state index is 13.2. The van der Waals surface area contributed by atoms with Gasteiger partial charge in [-0.1, -0.05) is 0 Å². The summed E-state index contributed by atoms with van der Waals surface area (Å²) in [4.78, 5) is 28.4. The van der Waals surface area contributed by atoms with E-state index in [0.29, 0.717) is 29.4 Å². The van der Waals surface area contributed by atoms with E-state index in [1.165, 1.54) is 12.1 Å². The highest BCUT2D eigenvalue weighted by Crippen LogP contribution is 2.25. The lowest BCUT2D eigenvalue weighted by Gasteiger charge is -2.36. The van der Waals surface area contributed by atoms with Gasteiger partial charge in [0.2, 0.25) is 0 Å². The van der Waals surface area contributed by atoms with Gasteiger partial charge in [0, 0.05) is 23.5 Å². The normalized spacial score (nSPS) is 22.0. The molecule has 0 spiro atoms. The predicted molar refractivity (Wildman–Crippen MR) is 79.1 cm³/mol. The Morgan fingerprint density at radius 3 is 2.82 bits per heavy atom. The number of piperidine rings is 1. The SMILES string of the molecule is C[C@H]1CC[C@@H](C(=O)O)CN1C(=O)c1cc2cc(F)ccc2[nH]1. The first-order valence-electron chi connectivity index (χ1n) is 7.28. The van der Waals surface area contributed by atoms with Gasteiger partial charge in [0.15, 0.2) is 0 Å². The summed E-state index contributed by atoms with van der Waals surface area (Å²) in [5.74, 6) is -2.00. The van der Waals surface area contributed by atoms with Crippen LogP contribution >= 0.6 is 0 Å². The van der Waals surface area contributed by atoms with E-state index in [1.807, 2.05) is 6.92 Å². The smallest absolute Gasteiger partial charge is 0.308 e. The number of nitrogens with zero attached hydrogens (tertiary/aromatic N) is 1. The molecule has 3 rings (SSSR count). The van der Waals surface area contributed by atoms with Crippen LogP contribution in [0.1, 0.15) is 30.3 Å². The second-order valence-electron chi connectivity index (χ2n) is 5.83. The van der Waals surface area contributed by atoms with Crippen molar-refractivity contribution in [2.75, 3.05) is 6.54 Å². The molecular weight excluding hydrogens is 287 g/mol. The van der Waals surface area contributed by atoms with Crippen LogP contribution in [0.5, 0.6) is 0 Å². The second-order valence-corrected chi connectivity index (χ2v) is 5.83. The van der Waals surface area contributed by atoms with Crippen molar-refractivity contribution in [2.45, 2.75) is 25.8 Å². The Bertz CT molecular complexity index is 740. The number of nitrogens with one attached hydrogen (secondary N) is 1. The van der Waals surface area contributed by atoms with Gasteiger partial charge in [-0.15, -0.1) is 0 Å². The summed E-state index contributed by atoms with van der Waals surface area (Å²) in [7, 11) is 0. The zero-order chi connectivity index (χ0) is 15.9. The minimum atomic E-state index is -0.872. The van der Waals surface area contributed by atoms with E-state index in [9.17, 15) is 14.0 Å². The fourth-order valence-electron chi connectivity index (χ4n) is 2.96. The second kappa shape index (κ2) is 5.44. The van der Waals surface area contributed by atoms with Crippen LogP contribution in [-0.4, -0.2) is 39.5 Å². The molecule has 1 aliphatic heterocycles. The lowest BCUT2D eigenvalue weighted by Crippen LogP contribution is -2.47. The van der Waals surface area contributed by atoms with Crippen molar-refractivity contribution < 1.29 is 19.1 Å².